The number of aryl methyl sites for hydroxylation is 1. The van der Waals surface area contributed by atoms with Crippen molar-refractivity contribution in [1.82, 2.24) is 4.98 Å². The van der Waals surface area contributed by atoms with Crippen molar-refractivity contribution in [3.63, 3.8) is 0 Å². The second-order valence-corrected chi connectivity index (χ2v) is 5.52. The Morgan fingerprint density at radius 3 is 2.75 bits per heavy atom. The molecule has 0 atom stereocenters. The minimum atomic E-state index is -0.230. The highest BCUT2D eigenvalue weighted by Gasteiger charge is 2.24. The summed E-state index contributed by atoms with van der Waals surface area (Å²) in [6.45, 7) is 2.03. The van der Waals surface area contributed by atoms with Gasteiger partial charge in [0.05, 0.1) is 5.69 Å². The number of benzene rings is 1. The molecule has 0 radical (unpaired) electrons. The molecular formula is C17H20FNO. The number of rotatable bonds is 3. The van der Waals surface area contributed by atoms with Gasteiger partial charge in [-0.2, -0.15) is 0 Å². The van der Waals surface area contributed by atoms with E-state index < -0.39 is 0 Å². The third-order valence-electron chi connectivity index (χ3n) is 4.08. The Labute approximate surface area is 119 Å². The Bertz CT molecular complexity index is 584. The van der Waals surface area contributed by atoms with Gasteiger partial charge in [0, 0.05) is 17.9 Å². The summed E-state index contributed by atoms with van der Waals surface area (Å²) in [5.74, 6) is 1.76. The predicted octanol–water partition coefficient (Wildman–Crippen LogP) is 5.09. The second-order valence-electron chi connectivity index (χ2n) is 5.52. The molecule has 2 aromatic rings. The first-order valence-corrected chi connectivity index (χ1v) is 7.53. The average Bonchev–Trinajstić information content (AvgIpc) is 2.92. The van der Waals surface area contributed by atoms with Crippen LogP contribution in [0.25, 0.3) is 11.3 Å². The fraction of sp³-hybridized carbons (Fsp3) is 0.471. The van der Waals surface area contributed by atoms with Crippen LogP contribution in [0.4, 0.5) is 4.39 Å². The fourth-order valence-electron chi connectivity index (χ4n) is 3.02. The van der Waals surface area contributed by atoms with Crippen molar-refractivity contribution in [1.29, 1.82) is 0 Å². The molecule has 0 spiro atoms. The Hall–Kier alpha value is -1.64. The van der Waals surface area contributed by atoms with E-state index in [-0.39, 0.29) is 5.82 Å². The third-order valence-corrected chi connectivity index (χ3v) is 4.08. The maximum absolute atomic E-state index is 13.5. The Balaban J connectivity index is 2.02. The molecule has 2 nitrogen and oxygen atoms in total. The number of aromatic nitrogens is 1. The summed E-state index contributed by atoms with van der Waals surface area (Å²) in [6, 6.07) is 6.62. The second kappa shape index (κ2) is 5.78. The summed E-state index contributed by atoms with van der Waals surface area (Å²) < 4.78 is 19.3. The zero-order chi connectivity index (χ0) is 13.9. The molecule has 1 aliphatic rings. The molecule has 1 aliphatic carbocycles. The standard InChI is InChI=1S/C17H20FNO/c1-2-15-19-16(12-7-4-3-5-8-12)17(20-15)13-9-6-10-14(18)11-13/h6,9-12H,2-5,7-8H2,1H3. The summed E-state index contributed by atoms with van der Waals surface area (Å²) in [5, 5.41) is 0. The molecule has 0 aliphatic heterocycles. The smallest absolute Gasteiger partial charge is 0.194 e. The van der Waals surface area contributed by atoms with Crippen LogP contribution in [0, 0.1) is 5.82 Å². The Morgan fingerprint density at radius 1 is 1.25 bits per heavy atom. The first-order valence-electron chi connectivity index (χ1n) is 7.53. The van der Waals surface area contributed by atoms with Gasteiger partial charge in [0.15, 0.2) is 11.7 Å². The van der Waals surface area contributed by atoms with Crippen LogP contribution in [0.15, 0.2) is 28.7 Å². The minimum absolute atomic E-state index is 0.230. The summed E-state index contributed by atoms with van der Waals surface area (Å²) in [4.78, 5) is 4.67. The predicted molar refractivity (Wildman–Crippen MR) is 77.1 cm³/mol. The van der Waals surface area contributed by atoms with Crippen molar-refractivity contribution < 1.29 is 8.81 Å². The zero-order valence-corrected chi connectivity index (χ0v) is 11.9. The van der Waals surface area contributed by atoms with Gasteiger partial charge in [-0.1, -0.05) is 38.3 Å². The van der Waals surface area contributed by atoms with E-state index >= 15 is 0 Å². The summed E-state index contributed by atoms with van der Waals surface area (Å²) >= 11 is 0. The van der Waals surface area contributed by atoms with Crippen LogP contribution in [0.1, 0.15) is 56.5 Å². The van der Waals surface area contributed by atoms with E-state index in [9.17, 15) is 4.39 Å². The van der Waals surface area contributed by atoms with E-state index in [1.807, 2.05) is 13.0 Å². The molecule has 106 valence electrons. The van der Waals surface area contributed by atoms with E-state index in [0.717, 1.165) is 42.2 Å². The molecule has 20 heavy (non-hydrogen) atoms. The molecule has 0 saturated heterocycles. The highest BCUT2D eigenvalue weighted by molar-refractivity contribution is 5.60. The first kappa shape index (κ1) is 13.3. The molecule has 1 saturated carbocycles. The maximum Gasteiger partial charge on any atom is 0.194 e. The molecule has 0 unspecified atom stereocenters. The molecule has 0 amide bonds. The van der Waals surface area contributed by atoms with E-state index in [1.54, 1.807) is 6.07 Å². The number of hydrogen-bond acceptors (Lipinski definition) is 2. The van der Waals surface area contributed by atoms with Crippen molar-refractivity contribution in [2.24, 2.45) is 0 Å². The average molecular weight is 273 g/mol. The molecule has 1 aromatic heterocycles. The number of hydrogen-bond donors (Lipinski definition) is 0. The summed E-state index contributed by atoms with van der Waals surface area (Å²) in [7, 11) is 0. The van der Waals surface area contributed by atoms with Crippen LogP contribution < -0.4 is 0 Å². The van der Waals surface area contributed by atoms with E-state index in [2.05, 4.69) is 4.98 Å². The lowest BCUT2D eigenvalue weighted by molar-refractivity contribution is 0.436. The number of nitrogens with zero attached hydrogens (tertiary/aromatic N) is 1. The van der Waals surface area contributed by atoms with Gasteiger partial charge in [0.25, 0.3) is 0 Å². The molecule has 1 heterocycles. The van der Waals surface area contributed by atoms with Crippen LogP contribution in [0.5, 0.6) is 0 Å². The molecule has 1 fully saturated rings. The normalized spacial score (nSPS) is 16.5. The van der Waals surface area contributed by atoms with E-state index in [0.29, 0.717) is 5.92 Å². The zero-order valence-electron chi connectivity index (χ0n) is 11.9. The summed E-state index contributed by atoms with van der Waals surface area (Å²) in [5.41, 5.74) is 1.84. The maximum atomic E-state index is 13.5. The quantitative estimate of drug-likeness (QED) is 0.778. The Morgan fingerprint density at radius 2 is 2.05 bits per heavy atom. The third kappa shape index (κ3) is 2.62. The highest BCUT2D eigenvalue weighted by atomic mass is 19.1. The van der Waals surface area contributed by atoms with Gasteiger partial charge in [-0.15, -0.1) is 0 Å². The van der Waals surface area contributed by atoms with Gasteiger partial charge < -0.3 is 4.42 Å². The van der Waals surface area contributed by atoms with Crippen molar-refractivity contribution in [2.45, 2.75) is 51.4 Å². The SMILES string of the molecule is CCc1nc(C2CCCCC2)c(-c2cccc(F)c2)o1. The fourth-order valence-corrected chi connectivity index (χ4v) is 3.02. The van der Waals surface area contributed by atoms with Crippen LogP contribution in [0.3, 0.4) is 0 Å². The number of halogens is 1. The monoisotopic (exact) mass is 273 g/mol. The van der Waals surface area contributed by atoms with Crippen molar-refractivity contribution in [3.8, 4) is 11.3 Å². The largest absolute Gasteiger partial charge is 0.440 e. The minimum Gasteiger partial charge on any atom is -0.440 e. The molecule has 3 heteroatoms. The topological polar surface area (TPSA) is 26.0 Å². The van der Waals surface area contributed by atoms with E-state index in [4.69, 9.17) is 4.42 Å². The lowest BCUT2D eigenvalue weighted by Crippen LogP contribution is -2.06. The van der Waals surface area contributed by atoms with Crippen LogP contribution in [-0.2, 0) is 6.42 Å². The highest BCUT2D eigenvalue weighted by Crippen LogP contribution is 2.38. The van der Waals surface area contributed by atoms with E-state index in [1.165, 1.54) is 31.4 Å². The van der Waals surface area contributed by atoms with Gasteiger partial charge in [-0.25, -0.2) is 9.37 Å². The van der Waals surface area contributed by atoms with Gasteiger partial charge in [-0.3, -0.25) is 0 Å². The van der Waals surface area contributed by atoms with Crippen molar-refractivity contribution >= 4 is 0 Å². The number of oxazole rings is 1. The lowest BCUT2D eigenvalue weighted by atomic mass is 9.85. The van der Waals surface area contributed by atoms with Gasteiger partial charge in [0.2, 0.25) is 0 Å². The first-order chi connectivity index (χ1) is 9.78. The molecule has 1 aromatic carbocycles. The van der Waals surface area contributed by atoms with Crippen molar-refractivity contribution in [2.75, 3.05) is 0 Å². The van der Waals surface area contributed by atoms with Gasteiger partial charge in [-0.05, 0) is 25.0 Å². The molecular weight excluding hydrogens is 253 g/mol. The molecule has 0 bridgehead atoms. The van der Waals surface area contributed by atoms with Crippen molar-refractivity contribution in [3.05, 3.63) is 41.7 Å². The van der Waals surface area contributed by atoms with Crippen LogP contribution in [0.2, 0.25) is 0 Å². The Kier molecular flexibility index (Phi) is 3.86. The van der Waals surface area contributed by atoms with Gasteiger partial charge in [0.1, 0.15) is 5.82 Å². The van der Waals surface area contributed by atoms with Crippen LogP contribution >= 0.6 is 0 Å². The van der Waals surface area contributed by atoms with Crippen LogP contribution in [-0.4, -0.2) is 4.98 Å². The van der Waals surface area contributed by atoms with Gasteiger partial charge >= 0.3 is 0 Å². The molecule has 3 rings (SSSR count). The lowest BCUT2D eigenvalue weighted by Gasteiger charge is -2.20. The summed E-state index contributed by atoms with van der Waals surface area (Å²) in [6.07, 6.45) is 6.92. The molecule has 0 N–H and O–H groups in total.